The molecule has 2 heterocycles. The number of aromatic nitrogens is 2. The topological polar surface area (TPSA) is 82.5 Å². The minimum absolute atomic E-state index is 0.285. The van der Waals surface area contributed by atoms with Gasteiger partial charge in [0.2, 0.25) is 5.95 Å². The number of anilines is 4. The molecule has 1 aromatic heterocycles. The van der Waals surface area contributed by atoms with Crippen molar-refractivity contribution in [3.63, 3.8) is 0 Å². The van der Waals surface area contributed by atoms with Gasteiger partial charge in [-0.15, -0.1) is 0 Å². The molecule has 32 heavy (non-hydrogen) atoms. The number of benzene rings is 2. The van der Waals surface area contributed by atoms with E-state index in [2.05, 4.69) is 27.2 Å². The Hall–Kier alpha value is -3.20. The van der Waals surface area contributed by atoms with Gasteiger partial charge >= 0.3 is 0 Å². The van der Waals surface area contributed by atoms with Crippen LogP contribution in [-0.2, 0) is 4.74 Å². The minimum atomic E-state index is -0.876. The molecule has 1 aliphatic heterocycles. The average Bonchev–Trinajstić information content (AvgIpc) is 2.81. The van der Waals surface area contributed by atoms with Crippen LogP contribution < -0.4 is 15.5 Å². The zero-order valence-electron chi connectivity index (χ0n) is 17.3. The lowest BCUT2D eigenvalue weighted by atomic mass is 10.1. The summed E-state index contributed by atoms with van der Waals surface area (Å²) in [6.45, 7) is 6.03. The lowest BCUT2D eigenvalue weighted by Gasteiger charge is -2.29. The Morgan fingerprint density at radius 2 is 2.00 bits per heavy atom. The van der Waals surface area contributed by atoms with Crippen molar-refractivity contribution in [2.75, 3.05) is 41.8 Å². The molecule has 0 saturated carbocycles. The molecule has 1 atom stereocenters. The smallest absolute Gasteiger partial charge is 0.227 e. The second-order valence-corrected chi connectivity index (χ2v) is 7.59. The highest BCUT2D eigenvalue weighted by molar-refractivity contribution is 6.32. The number of rotatable bonds is 7. The third-order valence-corrected chi connectivity index (χ3v) is 5.25. The summed E-state index contributed by atoms with van der Waals surface area (Å²) in [4.78, 5) is 10.7. The SMILES string of the molecule is C=CC(O)Nc1cccc(-c2nc(Nc3ccc(N4CCOCC4)c(F)c3)ncc2Cl)c1. The predicted octanol–water partition coefficient (Wildman–Crippen LogP) is 4.43. The highest BCUT2D eigenvalue weighted by Gasteiger charge is 2.16. The number of hydrogen-bond donors (Lipinski definition) is 3. The van der Waals surface area contributed by atoms with Gasteiger partial charge in [-0.1, -0.05) is 30.3 Å². The van der Waals surface area contributed by atoms with Crippen molar-refractivity contribution in [3.05, 3.63) is 72.2 Å². The molecule has 1 fully saturated rings. The van der Waals surface area contributed by atoms with Gasteiger partial charge in [0, 0.05) is 30.0 Å². The second kappa shape index (κ2) is 9.95. The highest BCUT2D eigenvalue weighted by Crippen LogP contribution is 2.30. The average molecular weight is 456 g/mol. The maximum atomic E-state index is 14.7. The molecular formula is C23H23ClFN5O2. The molecule has 4 rings (SSSR count). The van der Waals surface area contributed by atoms with Crippen molar-refractivity contribution >= 4 is 34.6 Å². The summed E-state index contributed by atoms with van der Waals surface area (Å²) in [5.74, 6) is -0.0435. The molecule has 7 nitrogen and oxygen atoms in total. The van der Waals surface area contributed by atoms with Crippen molar-refractivity contribution in [2.45, 2.75) is 6.23 Å². The van der Waals surface area contributed by atoms with Gasteiger partial charge in [-0.25, -0.2) is 14.4 Å². The van der Waals surface area contributed by atoms with Crippen LogP contribution in [-0.4, -0.2) is 47.6 Å². The summed E-state index contributed by atoms with van der Waals surface area (Å²) >= 11 is 6.34. The van der Waals surface area contributed by atoms with E-state index in [9.17, 15) is 9.50 Å². The van der Waals surface area contributed by atoms with Crippen LogP contribution >= 0.6 is 11.6 Å². The normalized spacial score (nSPS) is 14.7. The first-order valence-corrected chi connectivity index (χ1v) is 10.5. The van der Waals surface area contributed by atoms with E-state index >= 15 is 0 Å². The molecule has 0 spiro atoms. The first-order chi connectivity index (χ1) is 15.5. The summed E-state index contributed by atoms with van der Waals surface area (Å²) in [5.41, 5.74) is 2.99. The van der Waals surface area contributed by atoms with E-state index in [1.165, 1.54) is 18.3 Å². The Kier molecular flexibility index (Phi) is 6.84. The van der Waals surface area contributed by atoms with Gasteiger partial charge in [0.05, 0.1) is 35.8 Å². The summed E-state index contributed by atoms with van der Waals surface area (Å²) in [7, 11) is 0. The van der Waals surface area contributed by atoms with Crippen LogP contribution in [0, 0.1) is 5.82 Å². The molecule has 1 aliphatic rings. The third-order valence-electron chi connectivity index (χ3n) is 4.97. The number of halogens is 2. The van der Waals surface area contributed by atoms with Crippen LogP contribution in [0.2, 0.25) is 5.02 Å². The first-order valence-electron chi connectivity index (χ1n) is 10.1. The number of hydrogen-bond acceptors (Lipinski definition) is 7. The molecule has 166 valence electrons. The first kappa shape index (κ1) is 22.0. The minimum Gasteiger partial charge on any atom is -0.378 e. The molecular weight excluding hydrogens is 433 g/mol. The molecule has 0 aliphatic carbocycles. The van der Waals surface area contributed by atoms with Gasteiger partial charge in [0.15, 0.2) is 0 Å². The molecule has 3 aromatic rings. The number of aliphatic hydroxyl groups excluding tert-OH is 1. The summed E-state index contributed by atoms with van der Waals surface area (Å²) in [6.07, 6.45) is 2.00. The number of nitrogens with one attached hydrogen (secondary N) is 2. The number of aliphatic hydroxyl groups is 1. The molecule has 9 heteroatoms. The Morgan fingerprint density at radius 3 is 2.75 bits per heavy atom. The fourth-order valence-electron chi connectivity index (χ4n) is 3.39. The van der Waals surface area contributed by atoms with Crippen LogP contribution in [0.4, 0.5) is 27.4 Å². The maximum absolute atomic E-state index is 14.7. The molecule has 1 saturated heterocycles. The summed E-state index contributed by atoms with van der Waals surface area (Å²) in [6, 6.07) is 12.2. The number of morpholine rings is 1. The third kappa shape index (κ3) is 5.16. The largest absolute Gasteiger partial charge is 0.378 e. The van der Waals surface area contributed by atoms with E-state index in [1.807, 2.05) is 29.2 Å². The lowest BCUT2D eigenvalue weighted by molar-refractivity contribution is 0.122. The van der Waals surface area contributed by atoms with Crippen LogP contribution in [0.15, 0.2) is 61.3 Å². The van der Waals surface area contributed by atoms with Crippen molar-refractivity contribution in [2.24, 2.45) is 0 Å². The summed E-state index contributed by atoms with van der Waals surface area (Å²) in [5, 5.41) is 16.0. The van der Waals surface area contributed by atoms with Crippen molar-refractivity contribution in [1.29, 1.82) is 0 Å². The van der Waals surface area contributed by atoms with E-state index in [0.29, 0.717) is 54.1 Å². The fraction of sp³-hybridized carbons (Fsp3) is 0.217. The predicted molar refractivity (Wildman–Crippen MR) is 125 cm³/mol. The van der Waals surface area contributed by atoms with Crippen molar-refractivity contribution < 1.29 is 14.2 Å². The van der Waals surface area contributed by atoms with Gasteiger partial charge in [-0.05, 0) is 36.4 Å². The van der Waals surface area contributed by atoms with E-state index < -0.39 is 6.23 Å². The van der Waals surface area contributed by atoms with Crippen LogP contribution in [0.3, 0.4) is 0 Å². The molecule has 3 N–H and O–H groups in total. The Balaban J connectivity index is 1.55. The van der Waals surface area contributed by atoms with Crippen LogP contribution in [0.25, 0.3) is 11.3 Å². The van der Waals surface area contributed by atoms with Gasteiger partial charge in [-0.2, -0.15) is 0 Å². The lowest BCUT2D eigenvalue weighted by Crippen LogP contribution is -2.36. The van der Waals surface area contributed by atoms with E-state index in [-0.39, 0.29) is 11.8 Å². The quantitative estimate of drug-likeness (QED) is 0.359. The molecule has 0 radical (unpaired) electrons. The Morgan fingerprint density at radius 1 is 1.19 bits per heavy atom. The van der Waals surface area contributed by atoms with E-state index in [0.717, 1.165) is 5.56 Å². The van der Waals surface area contributed by atoms with Gasteiger partial charge in [0.25, 0.3) is 0 Å². The monoisotopic (exact) mass is 455 g/mol. The maximum Gasteiger partial charge on any atom is 0.227 e. The van der Waals surface area contributed by atoms with E-state index in [4.69, 9.17) is 16.3 Å². The number of nitrogens with zero attached hydrogens (tertiary/aromatic N) is 3. The van der Waals surface area contributed by atoms with Crippen LogP contribution in [0.5, 0.6) is 0 Å². The number of ether oxygens (including phenoxy) is 1. The molecule has 0 bridgehead atoms. The second-order valence-electron chi connectivity index (χ2n) is 7.19. The zero-order chi connectivity index (χ0) is 22.5. The standard InChI is InChI=1S/C23H23ClFN5O2/c1-2-21(31)27-16-5-3-4-15(12-16)22-18(24)14-26-23(29-22)28-17-6-7-20(19(25)13-17)30-8-10-32-11-9-30/h2-7,12-14,21,27,31H,1,8-11H2,(H,26,28,29). The van der Waals surface area contributed by atoms with Gasteiger partial charge in [0.1, 0.15) is 12.0 Å². The van der Waals surface area contributed by atoms with E-state index in [1.54, 1.807) is 12.1 Å². The highest BCUT2D eigenvalue weighted by atomic mass is 35.5. The molecule has 0 amide bonds. The fourth-order valence-corrected chi connectivity index (χ4v) is 3.59. The Labute approximate surface area is 190 Å². The van der Waals surface area contributed by atoms with Gasteiger partial charge in [-0.3, -0.25) is 0 Å². The Bertz CT molecular complexity index is 1110. The van der Waals surface area contributed by atoms with Gasteiger partial charge < -0.3 is 25.4 Å². The zero-order valence-corrected chi connectivity index (χ0v) is 18.0. The van der Waals surface area contributed by atoms with Crippen molar-refractivity contribution in [3.8, 4) is 11.3 Å². The molecule has 1 unspecified atom stereocenters. The molecule has 2 aromatic carbocycles. The van der Waals surface area contributed by atoms with Crippen LogP contribution in [0.1, 0.15) is 0 Å². The van der Waals surface area contributed by atoms with Crippen molar-refractivity contribution in [1.82, 2.24) is 9.97 Å². The summed E-state index contributed by atoms with van der Waals surface area (Å²) < 4.78 is 20.0.